The summed E-state index contributed by atoms with van der Waals surface area (Å²) in [7, 11) is 7.77. The van der Waals surface area contributed by atoms with Crippen LogP contribution < -0.4 is 10.1 Å². The molecule has 1 aliphatic heterocycles. The summed E-state index contributed by atoms with van der Waals surface area (Å²) in [5, 5.41) is 3.58. The molecule has 0 aliphatic carbocycles. The fourth-order valence-corrected chi connectivity index (χ4v) is 3.31. The van der Waals surface area contributed by atoms with Gasteiger partial charge >= 0.3 is 0 Å². The summed E-state index contributed by atoms with van der Waals surface area (Å²) in [6.45, 7) is 11.0. The van der Waals surface area contributed by atoms with Crippen LogP contribution in [-0.4, -0.2) is 62.6 Å². The second-order valence-electron chi connectivity index (χ2n) is 8.21. The first kappa shape index (κ1) is 19.6. The number of rotatable bonds is 5. The molecule has 1 saturated heterocycles. The van der Waals surface area contributed by atoms with Gasteiger partial charge in [-0.05, 0) is 45.6 Å². The minimum absolute atomic E-state index is 0.0998. The number of likely N-dealkylation sites (tertiary alicyclic amines) is 1. The monoisotopic (exact) mass is 346 g/mol. The van der Waals surface area contributed by atoms with Crippen molar-refractivity contribution in [1.82, 2.24) is 15.1 Å². The Balaban J connectivity index is 2.07. The summed E-state index contributed by atoms with van der Waals surface area (Å²) in [6.07, 6.45) is 0. The van der Waals surface area contributed by atoms with E-state index in [9.17, 15) is 0 Å². The molecule has 1 N–H and O–H groups in total. The number of guanidine groups is 1. The van der Waals surface area contributed by atoms with Crippen LogP contribution in [0.3, 0.4) is 0 Å². The molecule has 0 bridgehead atoms. The van der Waals surface area contributed by atoms with E-state index in [0.717, 1.165) is 24.8 Å². The topological polar surface area (TPSA) is 40.1 Å². The number of nitrogens with one attached hydrogen (secondary N) is 1. The highest BCUT2D eigenvalue weighted by molar-refractivity contribution is 5.82. The van der Waals surface area contributed by atoms with Gasteiger partial charge in [0.05, 0.1) is 13.2 Å². The molecule has 0 saturated carbocycles. The van der Waals surface area contributed by atoms with Gasteiger partial charge < -0.3 is 19.9 Å². The highest BCUT2D eigenvalue weighted by Crippen LogP contribution is 2.46. The number of methoxy groups -OCH3 is 1. The van der Waals surface area contributed by atoms with Gasteiger partial charge in [-0.2, -0.15) is 0 Å². The van der Waals surface area contributed by atoms with Crippen molar-refractivity contribution in [2.45, 2.75) is 39.3 Å². The number of likely N-dealkylation sites (N-methyl/N-ethyl adjacent to an activating group) is 1. The van der Waals surface area contributed by atoms with Gasteiger partial charge in [0.25, 0.3) is 0 Å². The van der Waals surface area contributed by atoms with E-state index in [-0.39, 0.29) is 11.6 Å². The number of hydrogen-bond donors (Lipinski definition) is 1. The second-order valence-corrected chi connectivity index (χ2v) is 8.21. The molecule has 0 spiro atoms. The number of aliphatic imine (C=N–C) groups is 1. The van der Waals surface area contributed by atoms with Crippen LogP contribution in [0, 0.1) is 5.41 Å². The maximum atomic E-state index is 5.27. The molecule has 2 rings (SSSR count). The Morgan fingerprint density at radius 2 is 1.84 bits per heavy atom. The number of benzene rings is 1. The van der Waals surface area contributed by atoms with E-state index in [0.29, 0.717) is 5.41 Å². The van der Waals surface area contributed by atoms with Crippen molar-refractivity contribution in [1.29, 1.82) is 0 Å². The van der Waals surface area contributed by atoms with E-state index in [1.165, 1.54) is 5.56 Å². The molecule has 1 atom stereocenters. The Morgan fingerprint density at radius 1 is 1.24 bits per heavy atom. The summed E-state index contributed by atoms with van der Waals surface area (Å²) in [5.74, 6) is 1.86. The fraction of sp³-hybridized carbons (Fsp3) is 0.650. The quantitative estimate of drug-likeness (QED) is 0.657. The van der Waals surface area contributed by atoms with Crippen molar-refractivity contribution < 1.29 is 4.74 Å². The predicted molar refractivity (Wildman–Crippen MR) is 105 cm³/mol. The van der Waals surface area contributed by atoms with Gasteiger partial charge in [0.1, 0.15) is 5.75 Å². The van der Waals surface area contributed by atoms with Gasteiger partial charge in [0.15, 0.2) is 5.96 Å². The third kappa shape index (κ3) is 3.76. The van der Waals surface area contributed by atoms with Gasteiger partial charge in [0, 0.05) is 31.1 Å². The number of nitrogens with zero attached hydrogens (tertiary/aromatic N) is 3. The van der Waals surface area contributed by atoms with E-state index in [1.54, 1.807) is 7.11 Å². The van der Waals surface area contributed by atoms with E-state index in [4.69, 9.17) is 4.74 Å². The second kappa shape index (κ2) is 7.24. The molecule has 5 heteroatoms. The van der Waals surface area contributed by atoms with E-state index in [2.05, 4.69) is 74.0 Å². The normalized spacial score (nSPS) is 20.2. The van der Waals surface area contributed by atoms with Crippen molar-refractivity contribution in [2.75, 3.05) is 41.3 Å². The summed E-state index contributed by atoms with van der Waals surface area (Å²) < 4.78 is 5.27. The first-order valence-corrected chi connectivity index (χ1v) is 8.92. The van der Waals surface area contributed by atoms with E-state index >= 15 is 0 Å². The first-order valence-electron chi connectivity index (χ1n) is 8.92. The Hall–Kier alpha value is -1.75. The molecule has 25 heavy (non-hydrogen) atoms. The molecule has 0 amide bonds. The van der Waals surface area contributed by atoms with Crippen LogP contribution >= 0.6 is 0 Å². The molecule has 1 aliphatic rings. The van der Waals surface area contributed by atoms with Crippen LogP contribution in [0.4, 0.5) is 0 Å². The smallest absolute Gasteiger partial charge is 0.194 e. The SMILES string of the molecule is CN=C(NCC(c1ccc(OC)cc1)N(C)C)N1CC(C)(C)C1(C)C. The van der Waals surface area contributed by atoms with Gasteiger partial charge in [-0.3, -0.25) is 4.99 Å². The zero-order valence-electron chi connectivity index (χ0n) is 17.1. The predicted octanol–water partition coefficient (Wildman–Crippen LogP) is 2.99. The van der Waals surface area contributed by atoms with Crippen LogP contribution in [0.5, 0.6) is 5.75 Å². The molecule has 1 heterocycles. The Kier molecular flexibility index (Phi) is 5.67. The van der Waals surface area contributed by atoms with Gasteiger partial charge in [-0.15, -0.1) is 0 Å². The molecule has 1 fully saturated rings. The van der Waals surface area contributed by atoms with Gasteiger partial charge in [-0.25, -0.2) is 0 Å². The third-order valence-electron chi connectivity index (χ3n) is 5.93. The molecule has 1 aromatic carbocycles. The number of hydrogen-bond acceptors (Lipinski definition) is 3. The van der Waals surface area contributed by atoms with Gasteiger partial charge in [0.2, 0.25) is 0 Å². The first-order chi connectivity index (χ1) is 11.6. The fourth-order valence-electron chi connectivity index (χ4n) is 3.31. The molecule has 140 valence electrons. The molecule has 1 unspecified atom stereocenters. The van der Waals surface area contributed by atoms with Crippen molar-refractivity contribution in [3.8, 4) is 5.75 Å². The minimum Gasteiger partial charge on any atom is -0.497 e. The van der Waals surface area contributed by atoms with Crippen LogP contribution in [0.15, 0.2) is 29.3 Å². The van der Waals surface area contributed by atoms with E-state index in [1.807, 2.05) is 19.2 Å². The summed E-state index contributed by atoms with van der Waals surface area (Å²) in [6, 6.07) is 8.55. The summed E-state index contributed by atoms with van der Waals surface area (Å²) in [4.78, 5) is 9.11. The highest BCUT2D eigenvalue weighted by Gasteiger charge is 2.53. The lowest BCUT2D eigenvalue weighted by atomic mass is 9.65. The summed E-state index contributed by atoms with van der Waals surface area (Å²) in [5.41, 5.74) is 1.65. The van der Waals surface area contributed by atoms with Gasteiger partial charge in [-0.1, -0.05) is 26.0 Å². The van der Waals surface area contributed by atoms with Crippen molar-refractivity contribution in [2.24, 2.45) is 10.4 Å². The lowest BCUT2D eigenvalue weighted by Crippen LogP contribution is -2.72. The maximum absolute atomic E-state index is 5.27. The molecular weight excluding hydrogens is 312 g/mol. The van der Waals surface area contributed by atoms with Crippen molar-refractivity contribution in [3.63, 3.8) is 0 Å². The van der Waals surface area contributed by atoms with Crippen LogP contribution in [0.25, 0.3) is 0 Å². The molecule has 5 nitrogen and oxygen atoms in total. The Morgan fingerprint density at radius 3 is 2.24 bits per heavy atom. The Bertz CT molecular complexity index is 605. The number of ether oxygens (including phenoxy) is 1. The standard InChI is InChI=1S/C20H34N4O/c1-19(2)14-24(20(19,3)4)18(21-5)22-13-17(23(6)7)15-9-11-16(25-8)12-10-15/h9-12,17H,13-14H2,1-8H3,(H,21,22). The van der Waals surface area contributed by atoms with Crippen LogP contribution in [0.1, 0.15) is 39.3 Å². The molecule has 0 aromatic heterocycles. The average molecular weight is 347 g/mol. The molecule has 1 aromatic rings. The summed E-state index contributed by atoms with van der Waals surface area (Å²) >= 11 is 0. The van der Waals surface area contributed by atoms with Crippen LogP contribution in [0.2, 0.25) is 0 Å². The lowest BCUT2D eigenvalue weighted by molar-refractivity contribution is -0.0668. The molecular formula is C20H34N4O. The average Bonchev–Trinajstić information content (AvgIpc) is 2.57. The lowest BCUT2D eigenvalue weighted by Gasteiger charge is -2.62. The van der Waals surface area contributed by atoms with Crippen molar-refractivity contribution in [3.05, 3.63) is 29.8 Å². The Labute approximate surface area is 153 Å². The van der Waals surface area contributed by atoms with Crippen LogP contribution in [-0.2, 0) is 0 Å². The zero-order chi connectivity index (χ0) is 18.8. The highest BCUT2D eigenvalue weighted by atomic mass is 16.5. The maximum Gasteiger partial charge on any atom is 0.194 e. The minimum atomic E-state index is 0.0998. The van der Waals surface area contributed by atoms with E-state index < -0.39 is 0 Å². The largest absolute Gasteiger partial charge is 0.497 e. The van der Waals surface area contributed by atoms with Crippen molar-refractivity contribution >= 4 is 5.96 Å². The zero-order valence-corrected chi connectivity index (χ0v) is 17.1. The third-order valence-corrected chi connectivity index (χ3v) is 5.93. The molecule has 0 radical (unpaired) electrons.